The maximum Gasteiger partial charge on any atom is 0.250 e. The molecule has 2 N–H and O–H groups in total. The van der Waals surface area contributed by atoms with Crippen LogP contribution in [0, 0.1) is 0 Å². The summed E-state index contributed by atoms with van der Waals surface area (Å²) in [6, 6.07) is 22.2. The number of rotatable bonds is 6. The average molecular weight is 479 g/mol. The minimum Gasteiger partial charge on any atom is -0.369 e. The fourth-order valence-electron chi connectivity index (χ4n) is 4.30. The molecule has 1 aliphatic rings. The van der Waals surface area contributed by atoms with E-state index in [0.717, 1.165) is 53.9 Å². The molecule has 0 unspecified atom stereocenters. The second-order valence-corrected chi connectivity index (χ2v) is 9.21. The zero-order chi connectivity index (χ0) is 25.1. The molecule has 0 spiro atoms. The Balaban J connectivity index is 1.39. The fraction of sp³-hybridized carbons (Fsp3) is 0.207. The molecule has 1 fully saturated rings. The van der Waals surface area contributed by atoms with Gasteiger partial charge in [0.05, 0.1) is 5.52 Å². The molecule has 0 saturated carbocycles. The smallest absolute Gasteiger partial charge is 0.250 e. The molecule has 1 aromatic heterocycles. The molecule has 0 atom stereocenters. The molecule has 2 heterocycles. The van der Waals surface area contributed by atoms with Gasteiger partial charge in [0.25, 0.3) is 5.91 Å². The number of nitrogens with zero attached hydrogens (tertiary/aromatic N) is 4. The predicted molar refractivity (Wildman–Crippen MR) is 148 cm³/mol. The lowest BCUT2D eigenvalue weighted by Gasteiger charge is -2.34. The summed E-state index contributed by atoms with van der Waals surface area (Å²) in [6.07, 6.45) is 1.83. The van der Waals surface area contributed by atoms with Crippen molar-refractivity contribution in [2.75, 3.05) is 48.8 Å². The number of hydrogen-bond donors (Lipinski definition) is 2. The SMILES string of the molecule is C=C(C)C(=O)Nc1cccc(-c2cccc3cnc(Nc4ccc(N5CCN(C)CC5)cc4)nc23)c1. The van der Waals surface area contributed by atoms with E-state index in [2.05, 4.69) is 63.3 Å². The van der Waals surface area contributed by atoms with Crippen LogP contribution < -0.4 is 15.5 Å². The van der Waals surface area contributed by atoms with Gasteiger partial charge in [0.2, 0.25) is 5.95 Å². The van der Waals surface area contributed by atoms with Crippen LogP contribution in [0.4, 0.5) is 23.0 Å². The van der Waals surface area contributed by atoms with Crippen molar-refractivity contribution in [3.63, 3.8) is 0 Å². The van der Waals surface area contributed by atoms with Crippen molar-refractivity contribution in [2.24, 2.45) is 0 Å². The van der Waals surface area contributed by atoms with E-state index in [9.17, 15) is 4.79 Å². The van der Waals surface area contributed by atoms with Crippen LogP contribution in [0.2, 0.25) is 0 Å². The Kier molecular flexibility index (Phi) is 6.64. The number of piperazine rings is 1. The van der Waals surface area contributed by atoms with Gasteiger partial charge >= 0.3 is 0 Å². The summed E-state index contributed by atoms with van der Waals surface area (Å²) in [7, 11) is 2.16. The van der Waals surface area contributed by atoms with E-state index in [1.807, 2.05) is 48.7 Å². The molecule has 7 heteroatoms. The van der Waals surface area contributed by atoms with Crippen LogP contribution in [-0.2, 0) is 4.79 Å². The number of hydrogen-bond acceptors (Lipinski definition) is 6. The molecular formula is C29H30N6O. The molecule has 0 aliphatic carbocycles. The van der Waals surface area contributed by atoms with Crippen molar-refractivity contribution in [3.05, 3.63) is 85.1 Å². The van der Waals surface area contributed by atoms with Gasteiger partial charge in [-0.05, 0) is 55.9 Å². The first-order chi connectivity index (χ1) is 17.5. The lowest BCUT2D eigenvalue weighted by Crippen LogP contribution is -2.44. The number of likely N-dealkylation sites (N-methyl/N-ethyl adjacent to an activating group) is 1. The van der Waals surface area contributed by atoms with Gasteiger partial charge in [-0.15, -0.1) is 0 Å². The van der Waals surface area contributed by atoms with Gasteiger partial charge in [-0.2, -0.15) is 0 Å². The first-order valence-electron chi connectivity index (χ1n) is 12.1. The van der Waals surface area contributed by atoms with Crippen LogP contribution in [0.25, 0.3) is 22.0 Å². The number of anilines is 4. The van der Waals surface area contributed by atoms with E-state index in [1.165, 1.54) is 5.69 Å². The van der Waals surface area contributed by atoms with Crippen molar-refractivity contribution in [1.82, 2.24) is 14.9 Å². The van der Waals surface area contributed by atoms with Crippen molar-refractivity contribution >= 4 is 39.8 Å². The second-order valence-electron chi connectivity index (χ2n) is 9.21. The molecule has 7 nitrogen and oxygen atoms in total. The summed E-state index contributed by atoms with van der Waals surface area (Å²) in [5.74, 6) is 0.339. The highest BCUT2D eigenvalue weighted by Gasteiger charge is 2.14. The standard InChI is InChI=1S/C29H30N6O/c1-20(2)28(36)31-24-8-4-6-21(18-24)26-9-5-7-22-19-30-29(33-27(22)26)32-23-10-12-25(13-11-23)35-16-14-34(3)15-17-35/h4-13,18-19H,1,14-17H2,2-3H3,(H,31,36)(H,30,32,33). The van der Waals surface area contributed by atoms with Crippen LogP contribution in [0.1, 0.15) is 6.92 Å². The Morgan fingerprint density at radius 3 is 2.44 bits per heavy atom. The molecule has 0 radical (unpaired) electrons. The number of nitrogens with one attached hydrogen (secondary N) is 2. The number of amides is 1. The Labute approximate surface area is 211 Å². The molecule has 1 aliphatic heterocycles. The van der Waals surface area contributed by atoms with Crippen LogP contribution >= 0.6 is 0 Å². The van der Waals surface area contributed by atoms with Crippen LogP contribution in [-0.4, -0.2) is 54.0 Å². The van der Waals surface area contributed by atoms with E-state index in [1.54, 1.807) is 6.92 Å². The maximum absolute atomic E-state index is 12.1. The maximum atomic E-state index is 12.1. The molecule has 3 aromatic carbocycles. The highest BCUT2D eigenvalue weighted by molar-refractivity contribution is 6.03. The summed E-state index contributed by atoms with van der Waals surface area (Å²) in [5.41, 5.74) is 6.11. The zero-order valence-corrected chi connectivity index (χ0v) is 20.7. The Morgan fingerprint density at radius 2 is 1.69 bits per heavy atom. The van der Waals surface area contributed by atoms with E-state index < -0.39 is 0 Å². The number of carbonyl (C=O) groups is 1. The summed E-state index contributed by atoms with van der Waals surface area (Å²) in [5, 5.41) is 7.18. The fourth-order valence-corrected chi connectivity index (χ4v) is 4.30. The predicted octanol–water partition coefficient (Wildman–Crippen LogP) is 5.31. The van der Waals surface area contributed by atoms with E-state index in [4.69, 9.17) is 4.98 Å². The Bertz CT molecular complexity index is 1410. The third-order valence-corrected chi connectivity index (χ3v) is 6.42. The molecule has 36 heavy (non-hydrogen) atoms. The van der Waals surface area contributed by atoms with Crippen LogP contribution in [0.15, 0.2) is 85.1 Å². The molecule has 1 saturated heterocycles. The highest BCUT2D eigenvalue weighted by atomic mass is 16.1. The first kappa shape index (κ1) is 23.5. The summed E-state index contributed by atoms with van der Waals surface area (Å²) >= 11 is 0. The van der Waals surface area contributed by atoms with Crippen molar-refractivity contribution < 1.29 is 4.79 Å². The summed E-state index contributed by atoms with van der Waals surface area (Å²) in [6.45, 7) is 9.64. The van der Waals surface area contributed by atoms with Gasteiger partial charge in [-0.1, -0.05) is 36.9 Å². The lowest BCUT2D eigenvalue weighted by molar-refractivity contribution is -0.112. The van der Waals surface area contributed by atoms with E-state index >= 15 is 0 Å². The number of para-hydroxylation sites is 1. The minimum absolute atomic E-state index is 0.197. The largest absolute Gasteiger partial charge is 0.369 e. The van der Waals surface area contributed by atoms with Crippen LogP contribution in [0.5, 0.6) is 0 Å². The van der Waals surface area contributed by atoms with Crippen molar-refractivity contribution in [3.8, 4) is 11.1 Å². The summed E-state index contributed by atoms with van der Waals surface area (Å²) < 4.78 is 0. The normalized spacial score (nSPS) is 14.0. The Hall–Kier alpha value is -4.23. The quantitative estimate of drug-likeness (QED) is 0.366. The van der Waals surface area contributed by atoms with Gasteiger partial charge in [0.1, 0.15) is 0 Å². The molecule has 182 valence electrons. The average Bonchev–Trinajstić information content (AvgIpc) is 2.89. The van der Waals surface area contributed by atoms with E-state index in [0.29, 0.717) is 17.2 Å². The van der Waals surface area contributed by atoms with Crippen molar-refractivity contribution in [2.45, 2.75) is 6.92 Å². The molecule has 5 rings (SSSR count). The molecule has 4 aromatic rings. The van der Waals surface area contributed by atoms with Gasteiger partial charge in [0.15, 0.2) is 0 Å². The van der Waals surface area contributed by atoms with Crippen LogP contribution in [0.3, 0.4) is 0 Å². The van der Waals surface area contributed by atoms with Gasteiger partial charge in [-0.25, -0.2) is 9.97 Å². The molecular weight excluding hydrogens is 448 g/mol. The third kappa shape index (κ3) is 5.21. The number of aromatic nitrogens is 2. The Morgan fingerprint density at radius 1 is 0.944 bits per heavy atom. The zero-order valence-electron chi connectivity index (χ0n) is 20.7. The highest BCUT2D eigenvalue weighted by Crippen LogP contribution is 2.30. The minimum atomic E-state index is -0.197. The number of fused-ring (bicyclic) bond motifs is 1. The second kappa shape index (κ2) is 10.2. The molecule has 0 bridgehead atoms. The van der Waals surface area contributed by atoms with E-state index in [-0.39, 0.29) is 5.91 Å². The first-order valence-corrected chi connectivity index (χ1v) is 12.1. The topological polar surface area (TPSA) is 73.4 Å². The number of benzene rings is 3. The van der Waals surface area contributed by atoms with Crippen molar-refractivity contribution in [1.29, 1.82) is 0 Å². The lowest BCUT2D eigenvalue weighted by atomic mass is 10.0. The number of carbonyl (C=O) groups excluding carboxylic acids is 1. The van der Waals surface area contributed by atoms with Gasteiger partial charge in [-0.3, -0.25) is 4.79 Å². The summed E-state index contributed by atoms with van der Waals surface area (Å²) in [4.78, 5) is 26.2. The van der Waals surface area contributed by atoms with Gasteiger partial charge in [0, 0.05) is 66.0 Å². The molecule has 1 amide bonds. The monoisotopic (exact) mass is 478 g/mol. The third-order valence-electron chi connectivity index (χ3n) is 6.42. The van der Waals surface area contributed by atoms with Gasteiger partial charge < -0.3 is 20.4 Å².